The third-order valence-corrected chi connectivity index (χ3v) is 6.33. The largest absolute Gasteiger partial charge is 0.361 e. The molecule has 0 atom stereocenters. The molecule has 0 unspecified atom stereocenters. The highest BCUT2D eigenvalue weighted by molar-refractivity contribution is 5.89. The molecule has 5 nitrogen and oxygen atoms in total. The van der Waals surface area contributed by atoms with Crippen LogP contribution >= 0.6 is 0 Å². The first-order valence-electron chi connectivity index (χ1n) is 11.4. The van der Waals surface area contributed by atoms with Crippen LogP contribution in [-0.2, 0) is 29.1 Å². The number of amides is 2. The van der Waals surface area contributed by atoms with Crippen LogP contribution in [0.25, 0.3) is 22.0 Å². The van der Waals surface area contributed by atoms with Gasteiger partial charge in [0.05, 0.1) is 6.42 Å². The molecular weight excluding hydrogens is 410 g/mol. The standard InChI is InChI=1S/C28H27N3O2/c32-27(16-23-18-29-26-9-4-3-8-25(23)26)30-17-22-6-1-2-7-24(22)21-13-11-20(12-14-21)19-31-15-5-10-28(31)33/h1-4,6-9,11-14,18,29H,5,10,15-17,19H2,(H,30,32). The minimum absolute atomic E-state index is 0.000171. The van der Waals surface area contributed by atoms with Crippen LogP contribution in [0.4, 0.5) is 0 Å². The summed E-state index contributed by atoms with van der Waals surface area (Å²) in [4.78, 5) is 29.7. The van der Waals surface area contributed by atoms with Crippen molar-refractivity contribution < 1.29 is 9.59 Å². The van der Waals surface area contributed by atoms with Crippen LogP contribution in [0.2, 0.25) is 0 Å². The van der Waals surface area contributed by atoms with Crippen molar-refractivity contribution in [3.05, 3.63) is 95.7 Å². The third kappa shape index (κ3) is 4.67. The second-order valence-corrected chi connectivity index (χ2v) is 8.59. The molecule has 1 saturated heterocycles. The quantitative estimate of drug-likeness (QED) is 0.436. The van der Waals surface area contributed by atoms with Crippen molar-refractivity contribution in [2.75, 3.05) is 6.54 Å². The molecule has 1 aromatic heterocycles. The van der Waals surface area contributed by atoms with Crippen molar-refractivity contribution in [3.63, 3.8) is 0 Å². The molecule has 4 aromatic rings. The number of hydrogen-bond donors (Lipinski definition) is 2. The first kappa shape index (κ1) is 21.0. The number of nitrogens with one attached hydrogen (secondary N) is 2. The van der Waals surface area contributed by atoms with E-state index in [2.05, 4.69) is 46.7 Å². The number of nitrogens with zero attached hydrogens (tertiary/aromatic N) is 1. The number of benzene rings is 3. The zero-order valence-electron chi connectivity index (χ0n) is 18.5. The molecule has 2 N–H and O–H groups in total. The summed E-state index contributed by atoms with van der Waals surface area (Å²) >= 11 is 0. The fourth-order valence-electron chi connectivity index (χ4n) is 4.54. The summed E-state index contributed by atoms with van der Waals surface area (Å²) < 4.78 is 0. The van der Waals surface area contributed by atoms with Crippen LogP contribution in [0.5, 0.6) is 0 Å². The van der Waals surface area contributed by atoms with Crippen molar-refractivity contribution in [3.8, 4) is 11.1 Å². The molecule has 0 bridgehead atoms. The predicted molar refractivity (Wildman–Crippen MR) is 130 cm³/mol. The number of likely N-dealkylation sites (tertiary alicyclic amines) is 1. The van der Waals surface area contributed by atoms with Gasteiger partial charge in [0.1, 0.15) is 0 Å². The van der Waals surface area contributed by atoms with E-state index >= 15 is 0 Å². The van der Waals surface area contributed by atoms with Crippen LogP contribution in [0.15, 0.2) is 79.0 Å². The Labute approximate surface area is 193 Å². The van der Waals surface area contributed by atoms with Gasteiger partial charge in [0, 0.05) is 43.2 Å². The van der Waals surface area contributed by atoms with E-state index in [0.717, 1.165) is 51.7 Å². The molecule has 1 aliphatic rings. The number of carbonyl (C=O) groups excluding carboxylic acids is 2. The summed E-state index contributed by atoms with van der Waals surface area (Å²) in [5.74, 6) is 0.244. The number of aromatic amines is 1. The maximum atomic E-state index is 12.7. The van der Waals surface area contributed by atoms with Gasteiger partial charge < -0.3 is 15.2 Å². The molecule has 1 fully saturated rings. The van der Waals surface area contributed by atoms with Crippen molar-refractivity contribution in [1.29, 1.82) is 0 Å². The molecule has 3 aromatic carbocycles. The van der Waals surface area contributed by atoms with Crippen molar-refractivity contribution in [1.82, 2.24) is 15.2 Å². The molecule has 0 aliphatic carbocycles. The average Bonchev–Trinajstić information content (AvgIpc) is 3.44. The predicted octanol–water partition coefficient (Wildman–Crippen LogP) is 4.82. The highest BCUT2D eigenvalue weighted by atomic mass is 16.2. The van der Waals surface area contributed by atoms with E-state index < -0.39 is 0 Å². The molecule has 2 heterocycles. The Morgan fingerprint density at radius 2 is 1.73 bits per heavy atom. The van der Waals surface area contributed by atoms with Gasteiger partial charge in [-0.05, 0) is 40.3 Å². The summed E-state index contributed by atoms with van der Waals surface area (Å²) in [5, 5.41) is 4.17. The van der Waals surface area contributed by atoms with E-state index in [-0.39, 0.29) is 11.8 Å². The number of aromatic nitrogens is 1. The minimum atomic E-state index is 0.000171. The van der Waals surface area contributed by atoms with Crippen molar-refractivity contribution in [2.45, 2.75) is 32.4 Å². The number of para-hydroxylation sites is 1. The van der Waals surface area contributed by atoms with E-state index in [0.29, 0.717) is 25.9 Å². The van der Waals surface area contributed by atoms with Gasteiger partial charge in [-0.2, -0.15) is 0 Å². The number of rotatable bonds is 7. The van der Waals surface area contributed by atoms with Crippen molar-refractivity contribution >= 4 is 22.7 Å². The van der Waals surface area contributed by atoms with Gasteiger partial charge in [-0.3, -0.25) is 9.59 Å². The molecule has 166 valence electrons. The Kier molecular flexibility index (Phi) is 5.94. The lowest BCUT2D eigenvalue weighted by Crippen LogP contribution is -2.24. The van der Waals surface area contributed by atoms with E-state index in [1.54, 1.807) is 0 Å². The lowest BCUT2D eigenvalue weighted by atomic mass is 9.98. The molecule has 1 aliphatic heterocycles. The van der Waals surface area contributed by atoms with Crippen LogP contribution in [0, 0.1) is 0 Å². The van der Waals surface area contributed by atoms with E-state index in [1.165, 1.54) is 0 Å². The lowest BCUT2D eigenvalue weighted by Gasteiger charge is -2.16. The van der Waals surface area contributed by atoms with Gasteiger partial charge in [-0.15, -0.1) is 0 Å². The zero-order chi connectivity index (χ0) is 22.6. The third-order valence-electron chi connectivity index (χ3n) is 6.33. The van der Waals surface area contributed by atoms with E-state index in [9.17, 15) is 9.59 Å². The number of fused-ring (bicyclic) bond motifs is 1. The van der Waals surface area contributed by atoms with Crippen LogP contribution < -0.4 is 5.32 Å². The fourth-order valence-corrected chi connectivity index (χ4v) is 4.54. The SMILES string of the molecule is O=C(Cc1c[nH]c2ccccc12)NCc1ccccc1-c1ccc(CN2CCCC2=O)cc1. The monoisotopic (exact) mass is 437 g/mol. The van der Waals surface area contributed by atoms with Crippen molar-refractivity contribution in [2.24, 2.45) is 0 Å². The second kappa shape index (κ2) is 9.33. The highest BCUT2D eigenvalue weighted by Gasteiger charge is 2.20. The maximum Gasteiger partial charge on any atom is 0.224 e. The minimum Gasteiger partial charge on any atom is -0.361 e. The molecular formula is C28H27N3O2. The van der Waals surface area contributed by atoms with E-state index in [1.807, 2.05) is 47.5 Å². The topological polar surface area (TPSA) is 65.2 Å². The Morgan fingerprint density at radius 1 is 0.939 bits per heavy atom. The molecule has 0 spiro atoms. The van der Waals surface area contributed by atoms with Crippen LogP contribution in [0.3, 0.4) is 0 Å². The summed E-state index contributed by atoms with van der Waals surface area (Å²) in [7, 11) is 0. The number of hydrogen-bond acceptors (Lipinski definition) is 2. The van der Waals surface area contributed by atoms with Crippen LogP contribution in [-0.4, -0.2) is 28.2 Å². The molecule has 33 heavy (non-hydrogen) atoms. The summed E-state index contributed by atoms with van der Waals surface area (Å²) in [6, 6.07) is 24.6. The number of carbonyl (C=O) groups is 2. The first-order chi connectivity index (χ1) is 16.2. The van der Waals surface area contributed by atoms with Crippen LogP contribution in [0.1, 0.15) is 29.5 Å². The van der Waals surface area contributed by atoms with Gasteiger partial charge in [-0.1, -0.05) is 66.7 Å². The van der Waals surface area contributed by atoms with E-state index in [4.69, 9.17) is 0 Å². The summed E-state index contributed by atoms with van der Waals surface area (Å²) in [6.45, 7) is 1.99. The average molecular weight is 438 g/mol. The Morgan fingerprint density at radius 3 is 2.55 bits per heavy atom. The molecule has 0 radical (unpaired) electrons. The molecule has 5 rings (SSSR count). The van der Waals surface area contributed by atoms with Gasteiger partial charge in [-0.25, -0.2) is 0 Å². The molecule has 5 heteroatoms. The lowest BCUT2D eigenvalue weighted by molar-refractivity contribution is -0.128. The zero-order valence-corrected chi connectivity index (χ0v) is 18.5. The normalized spacial score (nSPS) is 13.6. The second-order valence-electron chi connectivity index (χ2n) is 8.59. The van der Waals surface area contributed by atoms with Gasteiger partial charge in [0.2, 0.25) is 11.8 Å². The molecule has 0 saturated carbocycles. The smallest absolute Gasteiger partial charge is 0.224 e. The summed E-state index contributed by atoms with van der Waals surface area (Å²) in [6.07, 6.45) is 3.87. The summed E-state index contributed by atoms with van der Waals surface area (Å²) in [5.41, 5.74) is 6.47. The first-order valence-corrected chi connectivity index (χ1v) is 11.4. The fraction of sp³-hybridized carbons (Fsp3) is 0.214. The van der Waals surface area contributed by atoms with Gasteiger partial charge in [0.25, 0.3) is 0 Å². The van der Waals surface area contributed by atoms with Gasteiger partial charge >= 0.3 is 0 Å². The Hall–Kier alpha value is -3.86. The Balaban J connectivity index is 1.25. The highest BCUT2D eigenvalue weighted by Crippen LogP contribution is 2.25. The van der Waals surface area contributed by atoms with Gasteiger partial charge in [0.15, 0.2) is 0 Å². The Bertz CT molecular complexity index is 1290. The number of H-pyrrole nitrogens is 1. The molecule has 2 amide bonds. The maximum absolute atomic E-state index is 12.7.